The van der Waals surface area contributed by atoms with E-state index in [4.69, 9.17) is 10.5 Å². The first kappa shape index (κ1) is 15.9. The third kappa shape index (κ3) is 4.52. The van der Waals surface area contributed by atoms with E-state index in [1.165, 1.54) is 12.5 Å². The number of likely N-dealkylation sites (tertiary alicyclic amines) is 1. The van der Waals surface area contributed by atoms with Gasteiger partial charge in [0, 0.05) is 45.4 Å². The van der Waals surface area contributed by atoms with Gasteiger partial charge < -0.3 is 15.8 Å². The normalized spacial score (nSPS) is 23.0. The lowest BCUT2D eigenvalue weighted by atomic mass is 9.98. The number of hydrogen-bond donors (Lipinski definition) is 2. The van der Waals surface area contributed by atoms with Gasteiger partial charge in [-0.2, -0.15) is 0 Å². The summed E-state index contributed by atoms with van der Waals surface area (Å²) in [4.78, 5) is 13.4. The summed E-state index contributed by atoms with van der Waals surface area (Å²) in [5.74, 6) is -0.0485. The second-order valence-corrected chi connectivity index (χ2v) is 5.62. The zero-order valence-electron chi connectivity index (χ0n) is 12.8. The van der Waals surface area contributed by atoms with Crippen molar-refractivity contribution >= 4 is 11.6 Å². The zero-order valence-corrected chi connectivity index (χ0v) is 12.8. The molecule has 1 heterocycles. The molecule has 2 unspecified atom stereocenters. The highest BCUT2D eigenvalue weighted by atomic mass is 16.5. The van der Waals surface area contributed by atoms with Crippen molar-refractivity contribution in [2.75, 3.05) is 25.5 Å². The number of carbonyl (C=O) groups is 1. The Kier molecular flexibility index (Phi) is 5.73. The zero-order chi connectivity index (χ0) is 15.2. The van der Waals surface area contributed by atoms with Gasteiger partial charge in [-0.25, -0.2) is 0 Å². The van der Waals surface area contributed by atoms with E-state index >= 15 is 0 Å². The highest BCUT2D eigenvalue weighted by Crippen LogP contribution is 2.21. The minimum absolute atomic E-state index is 0.0485. The molecule has 1 aromatic carbocycles. The van der Waals surface area contributed by atoms with Crippen molar-refractivity contribution < 1.29 is 9.53 Å². The smallest absolute Gasteiger partial charge is 0.221 e. The summed E-state index contributed by atoms with van der Waals surface area (Å²) in [5, 5.41) is 2.78. The standard InChI is InChI=1S/C16H25N3O2/c1-12(20)18-14-5-3-13(4-6-14)11-19-8-7-16(21-2)9-15(19)10-17/h3-6,15-16H,7-11,17H2,1-2H3,(H,18,20). The number of benzene rings is 1. The van der Waals surface area contributed by atoms with E-state index in [1.807, 2.05) is 12.1 Å². The summed E-state index contributed by atoms with van der Waals surface area (Å²) in [7, 11) is 1.77. The Hall–Kier alpha value is -1.43. The number of ether oxygens (including phenoxy) is 1. The SMILES string of the molecule is COC1CCN(Cc2ccc(NC(C)=O)cc2)C(CN)C1. The van der Waals surface area contributed by atoms with Crippen molar-refractivity contribution in [1.82, 2.24) is 4.90 Å². The number of hydrogen-bond acceptors (Lipinski definition) is 4. The minimum atomic E-state index is -0.0485. The Labute approximate surface area is 126 Å². The molecule has 2 atom stereocenters. The van der Waals surface area contributed by atoms with Gasteiger partial charge in [0.05, 0.1) is 6.10 Å². The van der Waals surface area contributed by atoms with Gasteiger partial charge in [0.25, 0.3) is 0 Å². The van der Waals surface area contributed by atoms with Crippen LogP contribution in [-0.2, 0) is 16.1 Å². The van der Waals surface area contributed by atoms with Crippen molar-refractivity contribution in [3.63, 3.8) is 0 Å². The molecule has 5 nitrogen and oxygen atoms in total. The van der Waals surface area contributed by atoms with E-state index < -0.39 is 0 Å². The Morgan fingerprint density at radius 2 is 2.14 bits per heavy atom. The number of methoxy groups -OCH3 is 1. The summed E-state index contributed by atoms with van der Waals surface area (Å²) in [5.41, 5.74) is 7.97. The van der Waals surface area contributed by atoms with Gasteiger partial charge in [0.2, 0.25) is 5.91 Å². The molecule has 1 amide bonds. The summed E-state index contributed by atoms with van der Waals surface area (Å²) in [6.45, 7) is 4.07. The summed E-state index contributed by atoms with van der Waals surface area (Å²) >= 11 is 0. The van der Waals surface area contributed by atoms with Crippen LogP contribution in [0.1, 0.15) is 25.3 Å². The number of carbonyl (C=O) groups excluding carboxylic acids is 1. The van der Waals surface area contributed by atoms with Crippen LogP contribution in [0.2, 0.25) is 0 Å². The average Bonchev–Trinajstić information content (AvgIpc) is 2.49. The van der Waals surface area contributed by atoms with E-state index in [0.29, 0.717) is 18.7 Å². The fourth-order valence-corrected chi connectivity index (χ4v) is 2.86. The van der Waals surface area contributed by atoms with Gasteiger partial charge in [0.15, 0.2) is 0 Å². The Balaban J connectivity index is 1.95. The van der Waals surface area contributed by atoms with Crippen LogP contribution in [0, 0.1) is 0 Å². The van der Waals surface area contributed by atoms with E-state index in [0.717, 1.165) is 31.6 Å². The van der Waals surface area contributed by atoms with Crippen molar-refractivity contribution in [1.29, 1.82) is 0 Å². The van der Waals surface area contributed by atoms with E-state index in [9.17, 15) is 4.79 Å². The maximum atomic E-state index is 11.0. The van der Waals surface area contributed by atoms with Crippen LogP contribution in [-0.4, -0.2) is 43.2 Å². The lowest BCUT2D eigenvalue weighted by Crippen LogP contribution is -2.47. The molecule has 1 aliphatic heterocycles. The second kappa shape index (κ2) is 7.54. The summed E-state index contributed by atoms with van der Waals surface area (Å²) < 4.78 is 5.45. The highest BCUT2D eigenvalue weighted by molar-refractivity contribution is 5.88. The Bertz CT molecular complexity index is 461. The lowest BCUT2D eigenvalue weighted by molar-refractivity contribution is -0.114. The van der Waals surface area contributed by atoms with Crippen LogP contribution in [0.25, 0.3) is 0 Å². The number of nitrogens with zero attached hydrogens (tertiary/aromatic N) is 1. The van der Waals surface area contributed by atoms with Crippen LogP contribution < -0.4 is 11.1 Å². The van der Waals surface area contributed by atoms with E-state index in [1.54, 1.807) is 7.11 Å². The highest BCUT2D eigenvalue weighted by Gasteiger charge is 2.27. The molecule has 0 bridgehead atoms. The Morgan fingerprint density at radius 3 is 2.71 bits per heavy atom. The molecule has 1 aromatic rings. The molecule has 0 saturated carbocycles. The first-order valence-electron chi connectivity index (χ1n) is 7.45. The van der Waals surface area contributed by atoms with E-state index in [2.05, 4.69) is 22.3 Å². The van der Waals surface area contributed by atoms with Crippen molar-refractivity contribution in [3.05, 3.63) is 29.8 Å². The van der Waals surface area contributed by atoms with Gasteiger partial charge in [-0.1, -0.05) is 12.1 Å². The predicted octanol–water partition coefficient (Wildman–Crippen LogP) is 1.58. The molecule has 1 saturated heterocycles. The van der Waals surface area contributed by atoms with Gasteiger partial charge in [0.1, 0.15) is 0 Å². The fraction of sp³-hybridized carbons (Fsp3) is 0.562. The largest absolute Gasteiger partial charge is 0.381 e. The quantitative estimate of drug-likeness (QED) is 0.864. The van der Waals surface area contributed by atoms with Crippen LogP contribution in [0.15, 0.2) is 24.3 Å². The molecular formula is C16H25N3O2. The Morgan fingerprint density at radius 1 is 1.43 bits per heavy atom. The van der Waals surface area contributed by atoms with Crippen molar-refractivity contribution in [3.8, 4) is 0 Å². The van der Waals surface area contributed by atoms with Gasteiger partial charge in [-0.15, -0.1) is 0 Å². The van der Waals surface area contributed by atoms with Crippen LogP contribution >= 0.6 is 0 Å². The lowest BCUT2D eigenvalue weighted by Gasteiger charge is -2.38. The minimum Gasteiger partial charge on any atom is -0.381 e. The summed E-state index contributed by atoms with van der Waals surface area (Å²) in [6, 6.07) is 8.37. The first-order chi connectivity index (χ1) is 10.1. The second-order valence-electron chi connectivity index (χ2n) is 5.62. The van der Waals surface area contributed by atoms with E-state index in [-0.39, 0.29) is 5.91 Å². The molecule has 1 fully saturated rings. The van der Waals surface area contributed by atoms with Crippen molar-refractivity contribution in [2.24, 2.45) is 5.73 Å². The molecule has 21 heavy (non-hydrogen) atoms. The number of rotatable bonds is 5. The molecule has 116 valence electrons. The molecule has 5 heteroatoms. The molecule has 3 N–H and O–H groups in total. The molecule has 0 aromatic heterocycles. The van der Waals surface area contributed by atoms with Gasteiger partial charge in [-0.05, 0) is 30.5 Å². The molecule has 2 rings (SSSR count). The number of amides is 1. The molecule has 1 aliphatic rings. The monoisotopic (exact) mass is 291 g/mol. The maximum absolute atomic E-state index is 11.0. The van der Waals surface area contributed by atoms with Gasteiger partial charge in [-0.3, -0.25) is 9.69 Å². The number of nitrogens with one attached hydrogen (secondary N) is 1. The summed E-state index contributed by atoms with van der Waals surface area (Å²) in [6.07, 6.45) is 2.38. The topological polar surface area (TPSA) is 67.6 Å². The predicted molar refractivity (Wildman–Crippen MR) is 84.0 cm³/mol. The molecule has 0 spiro atoms. The van der Waals surface area contributed by atoms with Crippen molar-refractivity contribution in [2.45, 2.75) is 38.5 Å². The fourth-order valence-electron chi connectivity index (χ4n) is 2.86. The third-order valence-electron chi connectivity index (χ3n) is 4.06. The maximum Gasteiger partial charge on any atom is 0.221 e. The molecule has 0 radical (unpaired) electrons. The number of piperidine rings is 1. The van der Waals surface area contributed by atoms with Gasteiger partial charge >= 0.3 is 0 Å². The van der Waals surface area contributed by atoms with Crippen LogP contribution in [0.4, 0.5) is 5.69 Å². The number of anilines is 1. The number of nitrogens with two attached hydrogens (primary N) is 1. The third-order valence-corrected chi connectivity index (χ3v) is 4.06. The van der Waals surface area contributed by atoms with Crippen LogP contribution in [0.5, 0.6) is 0 Å². The van der Waals surface area contributed by atoms with Crippen LogP contribution in [0.3, 0.4) is 0 Å². The molecular weight excluding hydrogens is 266 g/mol. The molecule has 0 aliphatic carbocycles. The first-order valence-corrected chi connectivity index (χ1v) is 7.45. The average molecular weight is 291 g/mol.